The number of fused-ring (bicyclic) bond motifs is 2. The van der Waals surface area contributed by atoms with E-state index in [2.05, 4.69) is 30.2 Å². The molecule has 3 nitrogen and oxygen atoms in total. The SMILES string of the molecule is CCc1cccc2c(C(=O)C[n+]3ccc4c(c3)CCCC4)c[nH]c12. The molecule has 4 rings (SSSR count). The summed E-state index contributed by atoms with van der Waals surface area (Å²) >= 11 is 0. The van der Waals surface area contributed by atoms with Crippen LogP contribution in [-0.2, 0) is 25.8 Å². The zero-order chi connectivity index (χ0) is 16.5. The number of nitrogens with one attached hydrogen (secondary N) is 1. The molecule has 0 bridgehead atoms. The molecule has 3 aromatic rings. The van der Waals surface area contributed by atoms with Crippen molar-refractivity contribution in [3.05, 3.63) is 65.1 Å². The highest BCUT2D eigenvalue weighted by Crippen LogP contribution is 2.23. The first kappa shape index (κ1) is 15.1. The van der Waals surface area contributed by atoms with Gasteiger partial charge in [-0.05, 0) is 43.2 Å². The third-order valence-electron chi connectivity index (χ3n) is 5.15. The van der Waals surface area contributed by atoms with Crippen molar-refractivity contribution >= 4 is 16.7 Å². The van der Waals surface area contributed by atoms with Crippen molar-refractivity contribution in [2.24, 2.45) is 0 Å². The highest BCUT2D eigenvalue weighted by molar-refractivity contribution is 6.07. The number of H-pyrrole nitrogens is 1. The minimum Gasteiger partial charge on any atom is -0.360 e. The van der Waals surface area contributed by atoms with Gasteiger partial charge in [0, 0.05) is 34.3 Å². The van der Waals surface area contributed by atoms with Crippen molar-refractivity contribution in [1.82, 2.24) is 4.98 Å². The van der Waals surface area contributed by atoms with E-state index in [1.165, 1.54) is 36.0 Å². The predicted molar refractivity (Wildman–Crippen MR) is 95.3 cm³/mol. The van der Waals surface area contributed by atoms with Gasteiger partial charge in [-0.25, -0.2) is 0 Å². The Hall–Kier alpha value is -2.42. The molecule has 24 heavy (non-hydrogen) atoms. The summed E-state index contributed by atoms with van der Waals surface area (Å²) in [6, 6.07) is 8.38. The van der Waals surface area contributed by atoms with E-state index in [0.29, 0.717) is 6.54 Å². The molecule has 3 heteroatoms. The largest absolute Gasteiger partial charge is 0.360 e. The predicted octanol–water partition coefficient (Wildman–Crippen LogP) is 3.78. The highest BCUT2D eigenvalue weighted by Gasteiger charge is 2.19. The number of carbonyl (C=O) groups excluding carboxylic acids is 1. The summed E-state index contributed by atoms with van der Waals surface area (Å²) in [4.78, 5) is 16.1. The van der Waals surface area contributed by atoms with E-state index in [1.54, 1.807) is 0 Å². The van der Waals surface area contributed by atoms with Crippen LogP contribution in [-0.4, -0.2) is 10.8 Å². The summed E-state index contributed by atoms with van der Waals surface area (Å²) in [5.74, 6) is 0.162. The number of aryl methyl sites for hydroxylation is 3. The Bertz CT molecular complexity index is 907. The average Bonchev–Trinajstić information content (AvgIpc) is 3.06. The number of para-hydroxylation sites is 1. The monoisotopic (exact) mass is 319 g/mol. The van der Waals surface area contributed by atoms with E-state index in [0.717, 1.165) is 29.3 Å². The molecular formula is C21H23N2O+. The highest BCUT2D eigenvalue weighted by atomic mass is 16.1. The molecule has 0 aliphatic heterocycles. The van der Waals surface area contributed by atoms with E-state index in [9.17, 15) is 4.79 Å². The molecule has 122 valence electrons. The zero-order valence-corrected chi connectivity index (χ0v) is 14.1. The minimum absolute atomic E-state index is 0.162. The minimum atomic E-state index is 0.162. The van der Waals surface area contributed by atoms with Crippen LogP contribution in [0.25, 0.3) is 10.9 Å². The van der Waals surface area contributed by atoms with Gasteiger partial charge in [-0.3, -0.25) is 4.79 Å². The van der Waals surface area contributed by atoms with Gasteiger partial charge in [0.15, 0.2) is 12.4 Å². The van der Waals surface area contributed by atoms with E-state index in [-0.39, 0.29) is 5.78 Å². The summed E-state index contributed by atoms with van der Waals surface area (Å²) in [6.45, 7) is 2.54. The summed E-state index contributed by atoms with van der Waals surface area (Å²) in [6.07, 6.45) is 11.9. The van der Waals surface area contributed by atoms with Crippen molar-refractivity contribution in [2.75, 3.05) is 0 Å². The lowest BCUT2D eigenvalue weighted by Gasteiger charge is -2.13. The fourth-order valence-corrected chi connectivity index (χ4v) is 3.81. The van der Waals surface area contributed by atoms with Crippen LogP contribution in [0, 0.1) is 0 Å². The molecular weight excluding hydrogens is 296 g/mol. The van der Waals surface area contributed by atoms with E-state index < -0.39 is 0 Å². The molecule has 0 unspecified atom stereocenters. The Labute approximate surface area is 142 Å². The Morgan fingerprint density at radius 1 is 1.17 bits per heavy atom. The average molecular weight is 319 g/mol. The summed E-state index contributed by atoms with van der Waals surface area (Å²) in [5.41, 5.74) is 6.01. The molecule has 1 aliphatic rings. The van der Waals surface area contributed by atoms with Gasteiger partial charge in [-0.2, -0.15) is 4.57 Å². The number of aromatic amines is 1. The lowest BCUT2D eigenvalue weighted by molar-refractivity contribution is -0.683. The fraction of sp³-hybridized carbons (Fsp3) is 0.333. The summed E-state index contributed by atoms with van der Waals surface area (Å²) in [5, 5.41) is 1.04. The number of rotatable bonds is 4. The van der Waals surface area contributed by atoms with E-state index in [1.807, 2.05) is 29.1 Å². The number of hydrogen-bond donors (Lipinski definition) is 1. The van der Waals surface area contributed by atoms with Crippen molar-refractivity contribution in [2.45, 2.75) is 45.6 Å². The van der Waals surface area contributed by atoms with Crippen LogP contribution in [0.15, 0.2) is 42.9 Å². The Morgan fingerprint density at radius 3 is 2.83 bits per heavy atom. The molecule has 0 fully saturated rings. The number of Topliss-reactive ketones (excluding diaryl/α,β-unsaturated/α-hetero) is 1. The van der Waals surface area contributed by atoms with Crippen molar-refractivity contribution < 1.29 is 9.36 Å². The number of aromatic nitrogens is 2. The van der Waals surface area contributed by atoms with Crippen molar-refractivity contribution in [3.63, 3.8) is 0 Å². The third-order valence-corrected chi connectivity index (χ3v) is 5.15. The number of carbonyl (C=O) groups is 1. The van der Waals surface area contributed by atoms with Gasteiger partial charge in [-0.15, -0.1) is 0 Å². The zero-order valence-electron chi connectivity index (χ0n) is 14.1. The lowest BCUT2D eigenvalue weighted by atomic mass is 9.93. The Balaban J connectivity index is 1.63. The third kappa shape index (κ3) is 2.64. The van der Waals surface area contributed by atoms with Crippen molar-refractivity contribution in [1.29, 1.82) is 0 Å². The molecule has 2 heterocycles. The van der Waals surface area contributed by atoms with Gasteiger partial charge in [0.25, 0.3) is 0 Å². The van der Waals surface area contributed by atoms with Crippen LogP contribution in [0.5, 0.6) is 0 Å². The quantitative estimate of drug-likeness (QED) is 0.576. The van der Waals surface area contributed by atoms with Crippen LogP contribution < -0.4 is 4.57 Å². The van der Waals surface area contributed by atoms with Gasteiger partial charge in [0.2, 0.25) is 12.3 Å². The molecule has 0 atom stereocenters. The molecule has 0 saturated heterocycles. The first-order valence-corrected chi connectivity index (χ1v) is 8.89. The molecule has 0 radical (unpaired) electrons. The Morgan fingerprint density at radius 2 is 2.00 bits per heavy atom. The van der Waals surface area contributed by atoms with Crippen LogP contribution in [0.2, 0.25) is 0 Å². The number of nitrogens with zero attached hydrogens (tertiary/aromatic N) is 1. The molecule has 2 aromatic heterocycles. The topological polar surface area (TPSA) is 36.7 Å². The van der Waals surface area contributed by atoms with Gasteiger partial charge in [-0.1, -0.05) is 25.1 Å². The maximum absolute atomic E-state index is 12.8. The van der Waals surface area contributed by atoms with Gasteiger partial charge in [0.05, 0.1) is 0 Å². The van der Waals surface area contributed by atoms with Crippen LogP contribution in [0.1, 0.15) is 46.8 Å². The van der Waals surface area contributed by atoms with E-state index >= 15 is 0 Å². The second kappa shape index (κ2) is 6.23. The molecule has 0 saturated carbocycles. The number of benzene rings is 1. The summed E-state index contributed by atoms with van der Waals surface area (Å²) in [7, 11) is 0. The number of pyridine rings is 1. The second-order valence-electron chi connectivity index (χ2n) is 6.69. The lowest BCUT2D eigenvalue weighted by Crippen LogP contribution is -2.38. The van der Waals surface area contributed by atoms with Gasteiger partial charge in [0.1, 0.15) is 0 Å². The van der Waals surface area contributed by atoms with Crippen LogP contribution in [0.3, 0.4) is 0 Å². The summed E-state index contributed by atoms with van der Waals surface area (Å²) < 4.78 is 2.04. The van der Waals surface area contributed by atoms with Crippen LogP contribution in [0.4, 0.5) is 0 Å². The van der Waals surface area contributed by atoms with Gasteiger partial charge < -0.3 is 4.98 Å². The standard InChI is InChI=1S/C21H22N2O/c1-2-15-8-5-9-18-19(12-22-21(15)18)20(24)14-23-11-10-16-6-3-4-7-17(16)13-23/h5,8-13H,2-4,6-7,14H2,1H3/p+1. The van der Waals surface area contributed by atoms with Crippen molar-refractivity contribution in [3.8, 4) is 0 Å². The normalized spacial score (nSPS) is 13.9. The Kier molecular flexibility index (Phi) is 3.93. The first-order valence-electron chi connectivity index (χ1n) is 8.89. The maximum Gasteiger partial charge on any atom is 0.229 e. The molecule has 1 N–H and O–H groups in total. The maximum atomic E-state index is 12.8. The molecule has 0 spiro atoms. The fourth-order valence-electron chi connectivity index (χ4n) is 3.81. The second-order valence-corrected chi connectivity index (χ2v) is 6.69. The number of ketones is 1. The number of hydrogen-bond acceptors (Lipinski definition) is 1. The first-order chi connectivity index (χ1) is 11.8. The smallest absolute Gasteiger partial charge is 0.229 e. The van der Waals surface area contributed by atoms with Crippen LogP contribution >= 0.6 is 0 Å². The molecule has 1 aromatic carbocycles. The molecule has 1 aliphatic carbocycles. The van der Waals surface area contributed by atoms with E-state index in [4.69, 9.17) is 0 Å². The molecule has 0 amide bonds. The van der Waals surface area contributed by atoms with Gasteiger partial charge >= 0.3 is 0 Å².